The van der Waals surface area contributed by atoms with Crippen molar-refractivity contribution in [3.63, 3.8) is 0 Å². The number of allylic oxidation sites excluding steroid dienone is 1. The normalized spacial score (nSPS) is 21.7. The molecular weight excluding hydrogens is 294 g/mol. The summed E-state index contributed by atoms with van der Waals surface area (Å²) in [7, 11) is 1.90. The molecule has 0 saturated heterocycles. The van der Waals surface area contributed by atoms with E-state index in [0.29, 0.717) is 23.3 Å². The molecule has 4 rings (SSSR count). The first-order valence-corrected chi connectivity index (χ1v) is 7.41. The summed E-state index contributed by atoms with van der Waals surface area (Å²) in [6.45, 7) is 1.67. The summed E-state index contributed by atoms with van der Waals surface area (Å²) >= 11 is 0. The van der Waals surface area contributed by atoms with Gasteiger partial charge in [-0.2, -0.15) is 0 Å². The first-order valence-electron chi connectivity index (χ1n) is 7.41. The Morgan fingerprint density at radius 3 is 2.83 bits per heavy atom. The second-order valence-corrected chi connectivity index (χ2v) is 5.81. The van der Waals surface area contributed by atoms with Crippen molar-refractivity contribution in [2.45, 2.75) is 19.6 Å². The standard InChI is InChI=1S/C18H15NO4/c1-10-7-15(23-18(10)21)22-9-11-8-13-12-5-3-4-6-14(12)19(2)16(13)17(11)20/h3-7,9,15H,8H2,1-2H3. The predicted molar refractivity (Wildman–Crippen MR) is 83.8 cm³/mol. The van der Waals surface area contributed by atoms with Crippen molar-refractivity contribution in [1.29, 1.82) is 0 Å². The van der Waals surface area contributed by atoms with Gasteiger partial charge < -0.3 is 14.0 Å². The van der Waals surface area contributed by atoms with E-state index >= 15 is 0 Å². The Kier molecular flexibility index (Phi) is 2.91. The third-order valence-electron chi connectivity index (χ3n) is 4.36. The van der Waals surface area contributed by atoms with Crippen LogP contribution in [0.3, 0.4) is 0 Å². The Bertz CT molecular complexity index is 916. The summed E-state index contributed by atoms with van der Waals surface area (Å²) in [4.78, 5) is 23.9. The van der Waals surface area contributed by atoms with E-state index in [0.717, 1.165) is 16.5 Å². The van der Waals surface area contributed by atoms with Crippen LogP contribution in [0.2, 0.25) is 0 Å². The van der Waals surface area contributed by atoms with Crippen molar-refractivity contribution in [1.82, 2.24) is 4.57 Å². The molecule has 116 valence electrons. The van der Waals surface area contributed by atoms with Crippen LogP contribution in [0.4, 0.5) is 0 Å². The van der Waals surface area contributed by atoms with Crippen molar-refractivity contribution in [2.75, 3.05) is 0 Å². The quantitative estimate of drug-likeness (QED) is 0.486. The van der Waals surface area contributed by atoms with Crippen LogP contribution in [0.15, 0.2) is 47.7 Å². The maximum absolute atomic E-state index is 12.6. The highest BCUT2D eigenvalue weighted by atomic mass is 16.7. The first kappa shape index (κ1) is 13.8. The van der Waals surface area contributed by atoms with Gasteiger partial charge in [0.05, 0.1) is 12.0 Å². The van der Waals surface area contributed by atoms with Gasteiger partial charge in [-0.3, -0.25) is 4.79 Å². The predicted octanol–water partition coefficient (Wildman–Crippen LogP) is 2.65. The number of ketones is 1. The lowest BCUT2D eigenvalue weighted by molar-refractivity contribution is -0.152. The van der Waals surface area contributed by atoms with Gasteiger partial charge in [0.1, 0.15) is 0 Å². The van der Waals surface area contributed by atoms with Crippen LogP contribution < -0.4 is 0 Å². The highest BCUT2D eigenvalue weighted by Gasteiger charge is 2.32. The number of para-hydroxylation sites is 1. The minimum atomic E-state index is -0.747. The Hall–Kier alpha value is -2.82. The number of aryl methyl sites for hydroxylation is 1. The third-order valence-corrected chi connectivity index (χ3v) is 4.36. The van der Waals surface area contributed by atoms with Gasteiger partial charge in [-0.05, 0) is 18.6 Å². The number of aromatic nitrogens is 1. The average Bonchev–Trinajstić information content (AvgIpc) is 3.13. The number of Topliss-reactive ketones (excluding diaryl/α,β-unsaturated/α-hetero) is 1. The number of fused-ring (bicyclic) bond motifs is 3. The first-order chi connectivity index (χ1) is 11.1. The van der Waals surface area contributed by atoms with Crippen molar-refractivity contribution in [3.05, 3.63) is 59.0 Å². The number of rotatable bonds is 2. The molecule has 0 radical (unpaired) electrons. The number of nitrogens with zero attached hydrogens (tertiary/aromatic N) is 1. The molecule has 5 heteroatoms. The Morgan fingerprint density at radius 1 is 1.30 bits per heavy atom. The molecule has 1 aliphatic heterocycles. The summed E-state index contributed by atoms with van der Waals surface area (Å²) in [6, 6.07) is 7.96. The molecule has 1 aliphatic carbocycles. The lowest BCUT2D eigenvalue weighted by Crippen LogP contribution is -2.11. The molecule has 5 nitrogen and oxygen atoms in total. The molecule has 0 N–H and O–H groups in total. The molecule has 0 bridgehead atoms. The van der Waals surface area contributed by atoms with Gasteiger partial charge in [0.25, 0.3) is 6.29 Å². The average molecular weight is 309 g/mol. The monoisotopic (exact) mass is 309 g/mol. The van der Waals surface area contributed by atoms with E-state index in [2.05, 4.69) is 0 Å². The lowest BCUT2D eigenvalue weighted by Gasteiger charge is -2.08. The fourth-order valence-electron chi connectivity index (χ4n) is 3.18. The second kappa shape index (κ2) is 4.84. The largest absolute Gasteiger partial charge is 0.458 e. The molecule has 1 atom stereocenters. The van der Waals surface area contributed by atoms with Crippen molar-refractivity contribution in [3.8, 4) is 0 Å². The summed E-state index contributed by atoms with van der Waals surface area (Å²) in [6.07, 6.45) is 2.80. The zero-order chi connectivity index (χ0) is 16.1. The number of hydrogen-bond donors (Lipinski definition) is 0. The van der Waals surface area contributed by atoms with Crippen LogP contribution in [0.25, 0.3) is 10.9 Å². The van der Waals surface area contributed by atoms with Gasteiger partial charge >= 0.3 is 5.97 Å². The van der Waals surface area contributed by atoms with E-state index < -0.39 is 6.29 Å². The lowest BCUT2D eigenvalue weighted by atomic mass is 10.1. The van der Waals surface area contributed by atoms with E-state index in [4.69, 9.17) is 9.47 Å². The number of esters is 1. The molecule has 1 aromatic carbocycles. The SMILES string of the molecule is CC1=CC(OC=C2Cc3c(n(C)c4ccccc34)C2=O)OC1=O. The number of carbonyl (C=O) groups excluding carboxylic acids is 2. The van der Waals surface area contributed by atoms with Gasteiger partial charge in [0.15, 0.2) is 0 Å². The fraction of sp³-hybridized carbons (Fsp3) is 0.222. The van der Waals surface area contributed by atoms with E-state index in [-0.39, 0.29) is 11.8 Å². The highest BCUT2D eigenvalue weighted by molar-refractivity contribution is 6.16. The minimum absolute atomic E-state index is 0.0382. The van der Waals surface area contributed by atoms with Crippen LogP contribution in [-0.4, -0.2) is 22.6 Å². The molecule has 23 heavy (non-hydrogen) atoms. The van der Waals surface area contributed by atoms with Crippen LogP contribution in [-0.2, 0) is 27.7 Å². The maximum Gasteiger partial charge on any atom is 0.336 e. The molecule has 1 aromatic heterocycles. The molecule has 2 heterocycles. The number of carbonyl (C=O) groups is 2. The van der Waals surface area contributed by atoms with Gasteiger partial charge in [-0.1, -0.05) is 18.2 Å². The van der Waals surface area contributed by atoms with E-state index in [1.807, 2.05) is 35.9 Å². The molecule has 1 unspecified atom stereocenters. The van der Waals surface area contributed by atoms with Crippen LogP contribution >= 0.6 is 0 Å². The van der Waals surface area contributed by atoms with Crippen molar-refractivity contribution < 1.29 is 19.1 Å². The number of cyclic esters (lactones) is 1. The van der Waals surface area contributed by atoms with Crippen molar-refractivity contribution >= 4 is 22.7 Å². The molecule has 0 spiro atoms. The topological polar surface area (TPSA) is 57.5 Å². The zero-order valence-corrected chi connectivity index (χ0v) is 12.8. The summed E-state index contributed by atoms with van der Waals surface area (Å²) < 4.78 is 12.4. The molecule has 0 fully saturated rings. The minimum Gasteiger partial charge on any atom is -0.458 e. The van der Waals surface area contributed by atoms with E-state index in [1.165, 1.54) is 6.26 Å². The Labute approximate surface area is 132 Å². The smallest absolute Gasteiger partial charge is 0.336 e. The molecule has 0 amide bonds. The maximum atomic E-state index is 12.6. The molecule has 2 aromatic rings. The van der Waals surface area contributed by atoms with Crippen LogP contribution in [0, 0.1) is 0 Å². The third kappa shape index (κ3) is 2.00. The van der Waals surface area contributed by atoms with E-state index in [9.17, 15) is 9.59 Å². The summed E-state index contributed by atoms with van der Waals surface area (Å²) in [5.74, 6) is -0.427. The summed E-state index contributed by atoms with van der Waals surface area (Å²) in [5.41, 5.74) is 3.87. The number of benzene rings is 1. The zero-order valence-electron chi connectivity index (χ0n) is 12.8. The molecule has 0 saturated carbocycles. The van der Waals surface area contributed by atoms with Gasteiger partial charge in [0.2, 0.25) is 5.78 Å². The molecule has 2 aliphatic rings. The second-order valence-electron chi connectivity index (χ2n) is 5.81. The molecular formula is C18H15NO4. The Balaban J connectivity index is 1.64. The Morgan fingerprint density at radius 2 is 2.09 bits per heavy atom. The summed E-state index contributed by atoms with van der Waals surface area (Å²) in [5, 5.41) is 1.09. The highest BCUT2D eigenvalue weighted by Crippen LogP contribution is 2.34. The van der Waals surface area contributed by atoms with Crippen molar-refractivity contribution in [2.24, 2.45) is 7.05 Å². The van der Waals surface area contributed by atoms with Crippen LogP contribution in [0.1, 0.15) is 23.0 Å². The number of ether oxygens (including phenoxy) is 2. The number of hydrogen-bond acceptors (Lipinski definition) is 4. The van der Waals surface area contributed by atoms with Crippen LogP contribution in [0.5, 0.6) is 0 Å². The fourth-order valence-corrected chi connectivity index (χ4v) is 3.18. The van der Waals surface area contributed by atoms with Gasteiger partial charge in [-0.15, -0.1) is 0 Å². The van der Waals surface area contributed by atoms with E-state index in [1.54, 1.807) is 13.0 Å². The van der Waals surface area contributed by atoms with Gasteiger partial charge in [-0.25, -0.2) is 4.79 Å². The van der Waals surface area contributed by atoms with Gasteiger partial charge in [0, 0.05) is 41.6 Å².